The van der Waals surface area contributed by atoms with Crippen LogP contribution in [-0.4, -0.2) is 18.8 Å². The molecular weight excluding hydrogens is 188 g/mol. The Kier molecular flexibility index (Phi) is 3.56. The predicted octanol–water partition coefficient (Wildman–Crippen LogP) is 2.57. The van der Waals surface area contributed by atoms with E-state index in [1.54, 1.807) is 24.3 Å². The second-order valence-electron chi connectivity index (χ2n) is 2.91. The number of carbonyl (C=O) groups is 1. The molecule has 0 bridgehead atoms. The Morgan fingerprint density at radius 3 is 2.36 bits per heavy atom. The number of benzene rings is 1. The van der Waals surface area contributed by atoms with Gasteiger partial charge < -0.3 is 5.32 Å². The summed E-state index contributed by atoms with van der Waals surface area (Å²) >= 11 is 0. The van der Waals surface area contributed by atoms with Crippen LogP contribution in [-0.2, 0) is 0 Å². The summed E-state index contributed by atoms with van der Waals surface area (Å²) in [6.45, 7) is 1.08. The van der Waals surface area contributed by atoms with Crippen LogP contribution in [0.2, 0.25) is 0 Å². The highest BCUT2D eigenvalue weighted by Gasteiger charge is 2.02. The van der Waals surface area contributed by atoms with Crippen molar-refractivity contribution in [2.75, 3.05) is 11.9 Å². The fourth-order valence-corrected chi connectivity index (χ4v) is 1.02. The molecule has 1 aromatic carbocycles. The lowest BCUT2D eigenvalue weighted by molar-refractivity contribution is 0.101. The van der Waals surface area contributed by atoms with Gasteiger partial charge in [-0.2, -0.15) is 0 Å². The number of carbonyl (C=O) groups excluding carboxylic acids is 1. The van der Waals surface area contributed by atoms with Gasteiger partial charge in [0.2, 0.25) is 0 Å². The normalized spacial score (nSPS) is 10.3. The number of ketones is 1. The third kappa shape index (κ3) is 3.12. The van der Waals surface area contributed by atoms with Crippen molar-refractivity contribution in [3.05, 3.63) is 29.8 Å². The zero-order valence-electron chi connectivity index (χ0n) is 7.76. The molecule has 76 valence electrons. The number of Topliss-reactive ketones (excluding diaryl/α,β-unsaturated/α-hetero) is 1. The Morgan fingerprint density at radius 2 is 1.93 bits per heavy atom. The van der Waals surface area contributed by atoms with E-state index in [2.05, 4.69) is 5.32 Å². The zero-order chi connectivity index (χ0) is 10.6. The number of hydrogen-bond acceptors (Lipinski definition) is 2. The fraction of sp³-hybridized carbons (Fsp3) is 0.300. The van der Waals surface area contributed by atoms with Crippen LogP contribution in [0.3, 0.4) is 0 Å². The SMILES string of the molecule is CC(=O)c1ccc(NCC(F)F)cc1. The lowest BCUT2D eigenvalue weighted by Crippen LogP contribution is -2.10. The molecule has 0 aliphatic carbocycles. The van der Waals surface area contributed by atoms with Crippen molar-refractivity contribution in [2.45, 2.75) is 13.3 Å². The number of hydrogen-bond donors (Lipinski definition) is 1. The Morgan fingerprint density at radius 1 is 1.36 bits per heavy atom. The highest BCUT2D eigenvalue weighted by molar-refractivity contribution is 5.94. The summed E-state index contributed by atoms with van der Waals surface area (Å²) < 4.78 is 23.6. The van der Waals surface area contributed by atoms with Gasteiger partial charge in [-0.05, 0) is 31.2 Å². The predicted molar refractivity (Wildman–Crippen MR) is 50.9 cm³/mol. The molecule has 0 atom stereocenters. The molecule has 0 fully saturated rings. The van der Waals surface area contributed by atoms with E-state index in [-0.39, 0.29) is 12.3 Å². The van der Waals surface area contributed by atoms with E-state index in [0.29, 0.717) is 11.3 Å². The van der Waals surface area contributed by atoms with Gasteiger partial charge in [-0.3, -0.25) is 4.79 Å². The quantitative estimate of drug-likeness (QED) is 0.755. The van der Waals surface area contributed by atoms with Gasteiger partial charge in [0.25, 0.3) is 6.43 Å². The number of rotatable bonds is 4. The maximum Gasteiger partial charge on any atom is 0.255 e. The summed E-state index contributed by atoms with van der Waals surface area (Å²) in [5.41, 5.74) is 1.17. The number of alkyl halides is 2. The van der Waals surface area contributed by atoms with Gasteiger partial charge >= 0.3 is 0 Å². The molecule has 0 spiro atoms. The van der Waals surface area contributed by atoms with Crippen LogP contribution in [0, 0.1) is 0 Å². The molecule has 0 radical (unpaired) electrons. The Balaban J connectivity index is 2.60. The van der Waals surface area contributed by atoms with Crippen LogP contribution in [0.25, 0.3) is 0 Å². The van der Waals surface area contributed by atoms with Gasteiger partial charge in [-0.1, -0.05) is 0 Å². The van der Waals surface area contributed by atoms with E-state index < -0.39 is 6.43 Å². The molecule has 0 heterocycles. The van der Waals surface area contributed by atoms with Crippen molar-refractivity contribution in [2.24, 2.45) is 0 Å². The maximum absolute atomic E-state index is 11.8. The molecule has 0 aliphatic rings. The molecule has 1 rings (SSSR count). The van der Waals surface area contributed by atoms with E-state index in [0.717, 1.165) is 0 Å². The standard InChI is InChI=1S/C10H11F2NO/c1-7(14)8-2-4-9(5-3-8)13-6-10(11)12/h2-5,10,13H,6H2,1H3. The first-order chi connectivity index (χ1) is 6.59. The van der Waals surface area contributed by atoms with E-state index in [4.69, 9.17) is 0 Å². The van der Waals surface area contributed by atoms with Gasteiger partial charge in [-0.25, -0.2) is 8.78 Å². The summed E-state index contributed by atoms with van der Waals surface area (Å²) in [7, 11) is 0. The molecule has 14 heavy (non-hydrogen) atoms. The highest BCUT2D eigenvalue weighted by Crippen LogP contribution is 2.10. The molecule has 1 aromatic rings. The molecule has 0 unspecified atom stereocenters. The van der Waals surface area contributed by atoms with Gasteiger partial charge in [0, 0.05) is 11.3 Å². The van der Waals surface area contributed by atoms with Gasteiger partial charge in [0.05, 0.1) is 6.54 Å². The van der Waals surface area contributed by atoms with Crippen molar-refractivity contribution in [3.63, 3.8) is 0 Å². The van der Waals surface area contributed by atoms with Crippen molar-refractivity contribution >= 4 is 11.5 Å². The molecule has 0 saturated carbocycles. The Labute approximate surface area is 80.9 Å². The van der Waals surface area contributed by atoms with E-state index >= 15 is 0 Å². The average molecular weight is 199 g/mol. The first-order valence-corrected chi connectivity index (χ1v) is 4.22. The van der Waals surface area contributed by atoms with Crippen molar-refractivity contribution in [1.29, 1.82) is 0 Å². The molecule has 0 aliphatic heterocycles. The second-order valence-corrected chi connectivity index (χ2v) is 2.91. The van der Waals surface area contributed by atoms with Gasteiger partial charge in [0.1, 0.15) is 0 Å². The molecule has 0 saturated heterocycles. The van der Waals surface area contributed by atoms with E-state index in [9.17, 15) is 13.6 Å². The largest absolute Gasteiger partial charge is 0.379 e. The monoisotopic (exact) mass is 199 g/mol. The molecular formula is C10H11F2NO. The van der Waals surface area contributed by atoms with Crippen molar-refractivity contribution in [1.82, 2.24) is 0 Å². The minimum Gasteiger partial charge on any atom is -0.379 e. The number of halogens is 2. The van der Waals surface area contributed by atoms with Crippen molar-refractivity contribution in [3.8, 4) is 0 Å². The minimum atomic E-state index is -2.37. The van der Waals surface area contributed by atoms with Crippen LogP contribution in [0.5, 0.6) is 0 Å². The van der Waals surface area contributed by atoms with Gasteiger partial charge in [0.15, 0.2) is 5.78 Å². The average Bonchev–Trinajstić information content (AvgIpc) is 2.15. The van der Waals surface area contributed by atoms with Gasteiger partial charge in [-0.15, -0.1) is 0 Å². The summed E-state index contributed by atoms with van der Waals surface area (Å²) in [6, 6.07) is 6.44. The molecule has 2 nitrogen and oxygen atoms in total. The summed E-state index contributed by atoms with van der Waals surface area (Å²) in [5, 5.41) is 2.55. The molecule has 0 amide bonds. The first-order valence-electron chi connectivity index (χ1n) is 4.22. The smallest absolute Gasteiger partial charge is 0.255 e. The lowest BCUT2D eigenvalue weighted by atomic mass is 10.1. The first kappa shape index (κ1) is 10.6. The fourth-order valence-electron chi connectivity index (χ4n) is 1.02. The summed E-state index contributed by atoms with van der Waals surface area (Å²) in [5.74, 6) is -0.0367. The van der Waals surface area contributed by atoms with E-state index in [1.165, 1.54) is 6.92 Å². The molecule has 1 N–H and O–H groups in total. The number of nitrogens with one attached hydrogen (secondary N) is 1. The van der Waals surface area contributed by atoms with Crippen LogP contribution in [0.15, 0.2) is 24.3 Å². The minimum absolute atomic E-state index is 0.0367. The summed E-state index contributed by atoms with van der Waals surface area (Å²) in [4.78, 5) is 10.9. The van der Waals surface area contributed by atoms with Crippen molar-refractivity contribution < 1.29 is 13.6 Å². The zero-order valence-corrected chi connectivity index (χ0v) is 7.76. The second kappa shape index (κ2) is 4.69. The molecule has 4 heteroatoms. The van der Waals surface area contributed by atoms with Crippen LogP contribution < -0.4 is 5.32 Å². The highest BCUT2D eigenvalue weighted by atomic mass is 19.3. The lowest BCUT2D eigenvalue weighted by Gasteiger charge is -2.05. The third-order valence-corrected chi connectivity index (χ3v) is 1.75. The Bertz CT molecular complexity index is 308. The Hall–Kier alpha value is -1.45. The topological polar surface area (TPSA) is 29.1 Å². The third-order valence-electron chi connectivity index (χ3n) is 1.75. The summed E-state index contributed by atoms with van der Waals surface area (Å²) in [6.07, 6.45) is -2.37. The van der Waals surface area contributed by atoms with Crippen LogP contribution in [0.4, 0.5) is 14.5 Å². The maximum atomic E-state index is 11.8. The van der Waals surface area contributed by atoms with Crippen LogP contribution >= 0.6 is 0 Å². The molecule has 0 aromatic heterocycles. The van der Waals surface area contributed by atoms with Crippen LogP contribution in [0.1, 0.15) is 17.3 Å². The van der Waals surface area contributed by atoms with E-state index in [1.807, 2.05) is 0 Å². The number of anilines is 1.